The smallest absolute Gasteiger partial charge is 0.312 e. The van der Waals surface area contributed by atoms with E-state index in [1.54, 1.807) is 25.1 Å². The number of benzene rings is 2. The van der Waals surface area contributed by atoms with Crippen molar-refractivity contribution in [3.63, 3.8) is 0 Å². The van der Waals surface area contributed by atoms with Gasteiger partial charge < -0.3 is 14.2 Å². The van der Waals surface area contributed by atoms with Gasteiger partial charge in [0, 0.05) is 19.2 Å². The Kier molecular flexibility index (Phi) is 6.81. The molecule has 0 radical (unpaired) electrons. The second-order valence-corrected chi connectivity index (χ2v) is 7.65. The van der Waals surface area contributed by atoms with Gasteiger partial charge in [0.05, 0.1) is 31.1 Å². The minimum atomic E-state index is -3.96. The van der Waals surface area contributed by atoms with Crippen molar-refractivity contribution in [1.29, 1.82) is 0 Å². The Balaban J connectivity index is 2.40. The number of nitro benzene ring substituents is 1. The molecule has 0 saturated heterocycles. The van der Waals surface area contributed by atoms with Crippen LogP contribution in [0.2, 0.25) is 0 Å². The molecule has 2 aromatic carbocycles. The Morgan fingerprint density at radius 3 is 2.11 bits per heavy atom. The quantitative estimate of drug-likeness (QED) is 0.462. The molecule has 0 aliphatic heterocycles. The summed E-state index contributed by atoms with van der Waals surface area (Å²) in [7, 11) is 0.323. The molecule has 0 atom stereocenters. The van der Waals surface area contributed by atoms with Crippen molar-refractivity contribution in [3.05, 3.63) is 52.1 Å². The third-order valence-electron chi connectivity index (χ3n) is 4.14. The van der Waals surface area contributed by atoms with Crippen LogP contribution in [0, 0.1) is 10.1 Å². The Labute approximate surface area is 163 Å². The first-order valence-electron chi connectivity index (χ1n) is 8.32. The largest absolute Gasteiger partial charge is 0.493 e. The summed E-state index contributed by atoms with van der Waals surface area (Å²) < 4.78 is 42.6. The van der Waals surface area contributed by atoms with E-state index < -0.39 is 20.6 Å². The molecule has 0 aromatic heterocycles. The van der Waals surface area contributed by atoms with E-state index in [9.17, 15) is 18.5 Å². The van der Waals surface area contributed by atoms with Gasteiger partial charge in [-0.25, -0.2) is 8.42 Å². The number of hydrogen-bond acceptors (Lipinski definition) is 7. The third-order valence-corrected chi connectivity index (χ3v) is 6.06. The van der Waals surface area contributed by atoms with Crippen molar-refractivity contribution < 1.29 is 27.6 Å². The zero-order valence-electron chi connectivity index (χ0n) is 16.0. The molecular formula is C18H22N2O7S. The lowest BCUT2D eigenvalue weighted by Gasteiger charge is -2.21. The SMILES string of the molecule is CCN(Cc1ccc(OC)c(OC)c1)S(=O)(=O)c1ccc(OC)c([N+](=O)[O-])c1. The number of methoxy groups -OCH3 is 3. The number of sulfonamides is 1. The second-order valence-electron chi connectivity index (χ2n) is 5.71. The molecule has 2 aromatic rings. The molecule has 28 heavy (non-hydrogen) atoms. The van der Waals surface area contributed by atoms with E-state index in [2.05, 4.69) is 0 Å². The fraction of sp³-hybridized carbons (Fsp3) is 0.333. The monoisotopic (exact) mass is 410 g/mol. The lowest BCUT2D eigenvalue weighted by atomic mass is 10.2. The van der Waals surface area contributed by atoms with E-state index >= 15 is 0 Å². The number of ether oxygens (including phenoxy) is 3. The third kappa shape index (κ3) is 4.34. The van der Waals surface area contributed by atoms with Crippen LogP contribution in [-0.2, 0) is 16.6 Å². The summed E-state index contributed by atoms with van der Waals surface area (Å²) >= 11 is 0. The predicted octanol–water partition coefficient (Wildman–Crippen LogP) is 2.83. The minimum absolute atomic E-state index is 0.00751. The van der Waals surface area contributed by atoms with Gasteiger partial charge in [-0.3, -0.25) is 10.1 Å². The summed E-state index contributed by atoms with van der Waals surface area (Å²) in [6.45, 7) is 1.94. The molecule has 0 saturated carbocycles. The molecule has 0 heterocycles. The second kappa shape index (κ2) is 8.89. The van der Waals surface area contributed by atoms with Crippen LogP contribution in [-0.4, -0.2) is 45.5 Å². The van der Waals surface area contributed by atoms with Crippen LogP contribution < -0.4 is 14.2 Å². The maximum absolute atomic E-state index is 13.0. The van der Waals surface area contributed by atoms with Crippen LogP contribution >= 0.6 is 0 Å². The summed E-state index contributed by atoms with van der Waals surface area (Å²) in [5, 5.41) is 11.2. The highest BCUT2D eigenvalue weighted by Crippen LogP contribution is 2.32. The molecule has 0 unspecified atom stereocenters. The number of nitrogens with zero attached hydrogens (tertiary/aromatic N) is 2. The highest BCUT2D eigenvalue weighted by Gasteiger charge is 2.27. The van der Waals surface area contributed by atoms with Gasteiger partial charge in [0.25, 0.3) is 0 Å². The average Bonchev–Trinajstić information content (AvgIpc) is 2.70. The van der Waals surface area contributed by atoms with E-state index in [-0.39, 0.29) is 23.7 Å². The molecule has 2 rings (SSSR count). The maximum Gasteiger partial charge on any atom is 0.312 e. The minimum Gasteiger partial charge on any atom is -0.493 e. The van der Waals surface area contributed by atoms with E-state index in [0.717, 1.165) is 6.07 Å². The van der Waals surface area contributed by atoms with Crippen molar-refractivity contribution in [1.82, 2.24) is 4.31 Å². The molecule has 0 N–H and O–H groups in total. The first kappa shape index (κ1) is 21.5. The van der Waals surface area contributed by atoms with Gasteiger partial charge in [0.15, 0.2) is 17.2 Å². The molecule has 0 bridgehead atoms. The first-order chi connectivity index (χ1) is 13.3. The van der Waals surface area contributed by atoms with Crippen LogP contribution in [0.25, 0.3) is 0 Å². The van der Waals surface area contributed by atoms with Crippen molar-refractivity contribution in [2.75, 3.05) is 27.9 Å². The van der Waals surface area contributed by atoms with Gasteiger partial charge in [0.2, 0.25) is 10.0 Å². The predicted molar refractivity (Wildman–Crippen MR) is 102 cm³/mol. The molecular weight excluding hydrogens is 388 g/mol. The first-order valence-corrected chi connectivity index (χ1v) is 9.76. The number of rotatable bonds is 9. The van der Waals surface area contributed by atoms with Gasteiger partial charge in [-0.2, -0.15) is 4.31 Å². The van der Waals surface area contributed by atoms with Gasteiger partial charge in [-0.1, -0.05) is 13.0 Å². The highest BCUT2D eigenvalue weighted by atomic mass is 32.2. The Morgan fingerprint density at radius 1 is 0.964 bits per heavy atom. The van der Waals surface area contributed by atoms with Crippen LogP contribution in [0.5, 0.6) is 17.2 Å². The molecule has 0 fully saturated rings. The maximum atomic E-state index is 13.0. The lowest BCUT2D eigenvalue weighted by molar-refractivity contribution is -0.386. The zero-order valence-corrected chi connectivity index (χ0v) is 16.9. The van der Waals surface area contributed by atoms with Gasteiger partial charge in [-0.15, -0.1) is 0 Å². The summed E-state index contributed by atoms with van der Waals surface area (Å²) in [5.74, 6) is 1.00. The van der Waals surface area contributed by atoms with E-state index in [4.69, 9.17) is 14.2 Å². The zero-order chi connectivity index (χ0) is 20.9. The molecule has 0 aliphatic carbocycles. The highest BCUT2D eigenvalue weighted by molar-refractivity contribution is 7.89. The van der Waals surface area contributed by atoms with Crippen LogP contribution in [0.15, 0.2) is 41.3 Å². The molecule has 0 amide bonds. The Morgan fingerprint density at radius 2 is 1.57 bits per heavy atom. The molecule has 10 heteroatoms. The number of hydrogen-bond donors (Lipinski definition) is 0. The van der Waals surface area contributed by atoms with Crippen molar-refractivity contribution >= 4 is 15.7 Å². The summed E-state index contributed by atoms with van der Waals surface area (Å²) in [6, 6.07) is 8.68. The van der Waals surface area contributed by atoms with Crippen molar-refractivity contribution in [2.24, 2.45) is 0 Å². The Hall–Kier alpha value is -2.85. The Bertz CT molecular complexity index is 960. The molecule has 0 spiro atoms. The van der Waals surface area contributed by atoms with Crippen LogP contribution in [0.3, 0.4) is 0 Å². The molecule has 0 aliphatic rings. The van der Waals surface area contributed by atoms with E-state index in [0.29, 0.717) is 17.1 Å². The van der Waals surface area contributed by atoms with Crippen LogP contribution in [0.1, 0.15) is 12.5 Å². The van der Waals surface area contributed by atoms with Gasteiger partial charge >= 0.3 is 5.69 Å². The standard InChI is InChI=1S/C18H22N2O7S/c1-5-19(12-13-6-8-17(26-3)18(10-13)27-4)28(23,24)14-7-9-16(25-2)15(11-14)20(21)22/h6-11H,5,12H2,1-4H3. The van der Waals surface area contributed by atoms with Gasteiger partial charge in [0.1, 0.15) is 0 Å². The fourth-order valence-corrected chi connectivity index (χ4v) is 4.13. The van der Waals surface area contributed by atoms with Gasteiger partial charge in [-0.05, 0) is 29.8 Å². The fourth-order valence-electron chi connectivity index (χ4n) is 2.67. The normalized spacial score (nSPS) is 11.3. The van der Waals surface area contributed by atoms with Crippen LogP contribution in [0.4, 0.5) is 5.69 Å². The summed E-state index contributed by atoms with van der Waals surface area (Å²) in [6.07, 6.45) is 0. The average molecular weight is 410 g/mol. The van der Waals surface area contributed by atoms with E-state index in [1.807, 2.05) is 0 Å². The molecule has 152 valence electrons. The molecule has 9 nitrogen and oxygen atoms in total. The number of nitro groups is 1. The van der Waals surface area contributed by atoms with Crippen molar-refractivity contribution in [3.8, 4) is 17.2 Å². The lowest BCUT2D eigenvalue weighted by Crippen LogP contribution is -2.30. The summed E-state index contributed by atoms with van der Waals surface area (Å²) in [5.41, 5.74) is 0.275. The topological polar surface area (TPSA) is 108 Å². The van der Waals surface area contributed by atoms with E-state index in [1.165, 1.54) is 37.8 Å². The van der Waals surface area contributed by atoms with Crippen molar-refractivity contribution in [2.45, 2.75) is 18.4 Å². The summed E-state index contributed by atoms with van der Waals surface area (Å²) in [4.78, 5) is 10.4.